The smallest absolute Gasteiger partial charge is 0.390 e. The van der Waals surface area contributed by atoms with Gasteiger partial charge >= 0.3 is 6.18 Å². The van der Waals surface area contributed by atoms with E-state index in [-0.39, 0.29) is 0 Å². The molecule has 2 rings (SSSR count). The molecule has 1 N–H and O–H groups in total. The van der Waals surface area contributed by atoms with Gasteiger partial charge in [0.25, 0.3) is 0 Å². The van der Waals surface area contributed by atoms with Gasteiger partial charge in [-0.3, -0.25) is 0 Å². The second-order valence-corrected chi connectivity index (χ2v) is 5.82. The minimum absolute atomic E-state index is 0.533. The van der Waals surface area contributed by atoms with E-state index in [0.29, 0.717) is 24.5 Å². The zero-order valence-corrected chi connectivity index (χ0v) is 12.8. The molecule has 2 nitrogen and oxygen atoms in total. The Morgan fingerprint density at radius 2 is 2.15 bits per heavy atom. The van der Waals surface area contributed by atoms with Gasteiger partial charge in [-0.05, 0) is 30.7 Å². The van der Waals surface area contributed by atoms with Crippen molar-refractivity contribution < 1.29 is 17.9 Å². The third kappa shape index (κ3) is 3.88. The lowest BCUT2D eigenvalue weighted by Crippen LogP contribution is -2.27. The summed E-state index contributed by atoms with van der Waals surface area (Å²) < 4.78 is 44.7. The Hall–Kier alpha value is -0.750. The number of halogens is 4. The van der Waals surface area contributed by atoms with E-state index in [9.17, 15) is 13.2 Å². The molecule has 1 unspecified atom stereocenters. The van der Waals surface area contributed by atoms with Crippen molar-refractivity contribution in [3.63, 3.8) is 0 Å². The van der Waals surface area contributed by atoms with E-state index in [4.69, 9.17) is 4.74 Å². The van der Waals surface area contributed by atoms with Crippen molar-refractivity contribution >= 4 is 15.9 Å². The Kier molecular flexibility index (Phi) is 4.96. The summed E-state index contributed by atoms with van der Waals surface area (Å²) in [5.74, 6) is 0.617. The van der Waals surface area contributed by atoms with E-state index >= 15 is 0 Å². The van der Waals surface area contributed by atoms with Gasteiger partial charge in [-0.1, -0.05) is 22.9 Å². The molecule has 1 atom stereocenters. The van der Waals surface area contributed by atoms with Crippen molar-refractivity contribution in [2.45, 2.75) is 38.4 Å². The topological polar surface area (TPSA) is 21.3 Å². The number of fused-ring (bicyclic) bond motifs is 1. The first-order chi connectivity index (χ1) is 9.40. The highest BCUT2D eigenvalue weighted by atomic mass is 79.9. The van der Waals surface area contributed by atoms with Crippen LogP contribution in [-0.4, -0.2) is 19.3 Å². The Morgan fingerprint density at radius 1 is 1.40 bits per heavy atom. The van der Waals surface area contributed by atoms with Crippen molar-refractivity contribution in [3.8, 4) is 5.75 Å². The Balaban J connectivity index is 2.32. The molecule has 1 aliphatic rings. The summed E-state index contributed by atoms with van der Waals surface area (Å²) in [7, 11) is 0. The first-order valence-corrected chi connectivity index (χ1v) is 7.45. The van der Waals surface area contributed by atoms with Crippen molar-refractivity contribution in [3.05, 3.63) is 27.7 Å². The molecule has 0 spiro atoms. The number of hydrogen-bond acceptors (Lipinski definition) is 2. The summed E-state index contributed by atoms with van der Waals surface area (Å²) in [5.41, 5.74) is 1.57. The van der Waals surface area contributed by atoms with Crippen LogP contribution >= 0.6 is 15.9 Å². The van der Waals surface area contributed by atoms with Crippen LogP contribution in [0.5, 0.6) is 5.75 Å². The van der Waals surface area contributed by atoms with Crippen LogP contribution in [0.25, 0.3) is 0 Å². The van der Waals surface area contributed by atoms with Crippen LogP contribution in [0.2, 0.25) is 0 Å². The van der Waals surface area contributed by atoms with E-state index in [1.54, 1.807) is 6.07 Å². The zero-order chi connectivity index (χ0) is 14.8. The summed E-state index contributed by atoms with van der Waals surface area (Å²) in [5, 5.41) is 2.98. The predicted molar refractivity (Wildman–Crippen MR) is 75.0 cm³/mol. The minimum Gasteiger partial charge on any atom is -0.493 e. The van der Waals surface area contributed by atoms with Crippen LogP contribution in [0, 0.1) is 0 Å². The average molecular weight is 352 g/mol. The molecular weight excluding hydrogens is 335 g/mol. The van der Waals surface area contributed by atoms with Crippen molar-refractivity contribution in [1.82, 2.24) is 5.32 Å². The summed E-state index contributed by atoms with van der Waals surface area (Å²) in [6.07, 6.45) is -3.57. The molecular formula is C14H17BrF3NO. The standard InChI is InChI=1S/C14H17BrF3NO/c1-2-4-19-12(8-14(16,17)18)11-7-10(15)6-9-3-5-20-13(9)11/h6-7,12,19H,2-5,8H2,1H3. The van der Waals surface area contributed by atoms with Gasteiger partial charge in [0.2, 0.25) is 0 Å². The third-order valence-corrected chi connectivity index (χ3v) is 3.69. The van der Waals surface area contributed by atoms with Crippen molar-refractivity contribution in [2.24, 2.45) is 0 Å². The molecule has 0 bridgehead atoms. The fourth-order valence-corrected chi connectivity index (χ4v) is 2.92. The fraction of sp³-hybridized carbons (Fsp3) is 0.571. The molecule has 0 aliphatic carbocycles. The monoisotopic (exact) mass is 351 g/mol. The molecule has 20 heavy (non-hydrogen) atoms. The predicted octanol–water partition coefficient (Wildman–Crippen LogP) is 4.38. The van der Waals surface area contributed by atoms with E-state index < -0.39 is 18.6 Å². The second-order valence-electron chi connectivity index (χ2n) is 4.91. The van der Waals surface area contributed by atoms with E-state index in [1.807, 2.05) is 13.0 Å². The van der Waals surface area contributed by atoms with Crippen LogP contribution in [0.1, 0.15) is 36.9 Å². The van der Waals surface area contributed by atoms with Crippen LogP contribution in [0.3, 0.4) is 0 Å². The normalized spacial score (nSPS) is 15.8. The molecule has 0 saturated carbocycles. The van der Waals surface area contributed by atoms with Crippen molar-refractivity contribution in [2.75, 3.05) is 13.2 Å². The molecule has 112 valence electrons. The molecule has 6 heteroatoms. The highest BCUT2D eigenvalue weighted by molar-refractivity contribution is 9.10. The Labute approximate surface area is 124 Å². The second kappa shape index (κ2) is 6.35. The number of hydrogen-bond donors (Lipinski definition) is 1. The summed E-state index contributed by atoms with van der Waals surface area (Å²) in [6.45, 7) is 3.01. The summed E-state index contributed by atoms with van der Waals surface area (Å²) >= 11 is 3.37. The maximum Gasteiger partial charge on any atom is 0.390 e. The van der Waals surface area contributed by atoms with Gasteiger partial charge in [0.05, 0.1) is 13.0 Å². The number of nitrogens with one attached hydrogen (secondary N) is 1. The third-order valence-electron chi connectivity index (χ3n) is 3.23. The highest BCUT2D eigenvalue weighted by Gasteiger charge is 2.34. The zero-order valence-electron chi connectivity index (χ0n) is 11.2. The molecule has 1 aromatic carbocycles. The maximum absolute atomic E-state index is 12.8. The minimum atomic E-state index is -4.21. The van der Waals surface area contributed by atoms with Gasteiger partial charge in [0.15, 0.2) is 0 Å². The highest BCUT2D eigenvalue weighted by Crippen LogP contribution is 2.40. The Morgan fingerprint density at radius 3 is 2.80 bits per heavy atom. The number of benzene rings is 1. The van der Waals surface area contributed by atoms with E-state index in [0.717, 1.165) is 22.9 Å². The van der Waals surface area contributed by atoms with Crippen molar-refractivity contribution in [1.29, 1.82) is 0 Å². The molecule has 1 aromatic rings. The van der Waals surface area contributed by atoms with Crippen LogP contribution < -0.4 is 10.1 Å². The molecule has 1 aliphatic heterocycles. The molecule has 1 heterocycles. The molecule has 0 aromatic heterocycles. The lowest BCUT2D eigenvalue weighted by atomic mass is 9.99. The van der Waals surface area contributed by atoms with Gasteiger partial charge < -0.3 is 10.1 Å². The summed E-state index contributed by atoms with van der Waals surface area (Å²) in [6, 6.07) is 2.87. The first-order valence-electron chi connectivity index (χ1n) is 6.66. The molecule has 0 amide bonds. The van der Waals surface area contributed by atoms with Gasteiger partial charge in [-0.2, -0.15) is 13.2 Å². The van der Waals surface area contributed by atoms with Crippen LogP contribution in [0.4, 0.5) is 13.2 Å². The van der Waals surface area contributed by atoms with Crippen LogP contribution in [0.15, 0.2) is 16.6 Å². The lowest BCUT2D eigenvalue weighted by molar-refractivity contribution is -0.140. The summed E-state index contributed by atoms with van der Waals surface area (Å²) in [4.78, 5) is 0. The fourth-order valence-electron chi connectivity index (χ4n) is 2.40. The number of rotatable bonds is 5. The first kappa shape index (κ1) is 15.6. The number of ether oxygens (including phenoxy) is 1. The Bertz CT molecular complexity index is 476. The molecule has 0 saturated heterocycles. The van der Waals surface area contributed by atoms with Gasteiger partial charge in [-0.25, -0.2) is 0 Å². The average Bonchev–Trinajstić information content (AvgIpc) is 2.80. The largest absolute Gasteiger partial charge is 0.493 e. The lowest BCUT2D eigenvalue weighted by Gasteiger charge is -2.22. The molecule has 0 radical (unpaired) electrons. The van der Waals surface area contributed by atoms with Gasteiger partial charge in [0.1, 0.15) is 5.75 Å². The van der Waals surface area contributed by atoms with E-state index in [1.165, 1.54) is 0 Å². The maximum atomic E-state index is 12.8. The number of alkyl halides is 3. The SMILES string of the molecule is CCCNC(CC(F)(F)F)c1cc(Br)cc2c1OCC2. The van der Waals surface area contributed by atoms with Gasteiger partial charge in [-0.15, -0.1) is 0 Å². The van der Waals surface area contributed by atoms with E-state index in [2.05, 4.69) is 21.2 Å². The molecule has 0 fully saturated rings. The van der Waals surface area contributed by atoms with Crippen LogP contribution in [-0.2, 0) is 6.42 Å². The quantitative estimate of drug-likeness (QED) is 0.849. The van der Waals surface area contributed by atoms with Gasteiger partial charge in [0, 0.05) is 22.5 Å².